The zero-order valence-electron chi connectivity index (χ0n) is 35.8. The smallest absolute Gasteiger partial charge is 0.227 e. The van der Waals surface area contributed by atoms with Crippen molar-refractivity contribution in [1.29, 1.82) is 0 Å². The first-order valence-electron chi connectivity index (χ1n) is 22.4. The van der Waals surface area contributed by atoms with E-state index in [-0.39, 0.29) is 0 Å². The Kier molecular flexibility index (Phi) is 8.72. The summed E-state index contributed by atoms with van der Waals surface area (Å²) in [6.07, 6.45) is 0. The maximum Gasteiger partial charge on any atom is 0.227 e. The minimum Gasteiger partial charge on any atom is -0.455 e. The van der Waals surface area contributed by atoms with Gasteiger partial charge in [-0.25, -0.2) is 4.98 Å². The van der Waals surface area contributed by atoms with E-state index >= 15 is 0 Å². The minimum absolute atomic E-state index is 0.549. The van der Waals surface area contributed by atoms with E-state index in [1.165, 1.54) is 38.9 Å². The number of rotatable bonds is 8. The predicted octanol–water partition coefficient (Wildman–Crippen LogP) is 16.6. The van der Waals surface area contributed by atoms with Gasteiger partial charge in [0, 0.05) is 39.0 Å². The highest BCUT2D eigenvalue weighted by molar-refractivity contribution is 6.09. The van der Waals surface area contributed by atoms with Crippen molar-refractivity contribution >= 4 is 50.1 Å². The molecule has 66 heavy (non-hydrogen) atoms. The summed E-state index contributed by atoms with van der Waals surface area (Å²) in [5, 5.41) is 2.23. The monoisotopic (exact) mass is 844 g/mol. The van der Waals surface area contributed by atoms with Gasteiger partial charge in [0.15, 0.2) is 5.58 Å². The lowest BCUT2D eigenvalue weighted by molar-refractivity contribution is 0.620. The van der Waals surface area contributed by atoms with Gasteiger partial charge in [-0.2, -0.15) is 0 Å². The Morgan fingerprint density at radius 2 is 0.909 bits per heavy atom. The molecule has 4 nitrogen and oxygen atoms in total. The fraction of sp³-hybridized carbons (Fsp3) is 0.0161. The van der Waals surface area contributed by atoms with E-state index < -0.39 is 5.41 Å². The van der Waals surface area contributed by atoms with Crippen molar-refractivity contribution in [2.24, 2.45) is 0 Å². The van der Waals surface area contributed by atoms with E-state index in [0.717, 1.165) is 72.4 Å². The van der Waals surface area contributed by atoms with E-state index in [2.05, 4.69) is 223 Å². The second-order valence-electron chi connectivity index (χ2n) is 17.0. The first kappa shape index (κ1) is 37.8. The van der Waals surface area contributed by atoms with Gasteiger partial charge in [0.05, 0.1) is 5.41 Å². The molecule has 0 fully saturated rings. The Bertz CT molecular complexity index is 3700. The van der Waals surface area contributed by atoms with Crippen LogP contribution in [0, 0.1) is 0 Å². The van der Waals surface area contributed by atoms with Gasteiger partial charge in [0.1, 0.15) is 16.7 Å². The van der Waals surface area contributed by atoms with Gasteiger partial charge in [0.25, 0.3) is 0 Å². The Morgan fingerprint density at radius 1 is 0.348 bits per heavy atom. The summed E-state index contributed by atoms with van der Waals surface area (Å²) in [6, 6.07) is 86.5. The molecule has 1 aliphatic rings. The van der Waals surface area contributed by atoms with Gasteiger partial charge in [0.2, 0.25) is 5.89 Å². The molecule has 0 bridgehead atoms. The first-order valence-corrected chi connectivity index (χ1v) is 22.4. The van der Waals surface area contributed by atoms with Gasteiger partial charge in [-0.3, -0.25) is 0 Å². The second-order valence-corrected chi connectivity index (χ2v) is 17.0. The maximum absolute atomic E-state index is 6.49. The van der Waals surface area contributed by atoms with Gasteiger partial charge in [-0.15, -0.1) is 0 Å². The number of anilines is 3. The Balaban J connectivity index is 0.977. The van der Waals surface area contributed by atoms with Crippen LogP contribution in [0.4, 0.5) is 17.1 Å². The number of hydrogen-bond acceptors (Lipinski definition) is 4. The number of hydrogen-bond donors (Lipinski definition) is 0. The van der Waals surface area contributed by atoms with Crippen molar-refractivity contribution in [2.75, 3.05) is 4.90 Å². The highest BCUT2D eigenvalue weighted by Gasteiger charge is 2.46. The summed E-state index contributed by atoms with van der Waals surface area (Å²) in [5.41, 5.74) is 18.6. The van der Waals surface area contributed by atoms with Crippen molar-refractivity contribution in [3.8, 4) is 44.8 Å². The van der Waals surface area contributed by atoms with Crippen LogP contribution in [-0.4, -0.2) is 4.98 Å². The molecule has 310 valence electrons. The molecule has 4 heteroatoms. The summed E-state index contributed by atoms with van der Waals surface area (Å²) < 4.78 is 12.9. The molecule has 0 spiro atoms. The van der Waals surface area contributed by atoms with Crippen molar-refractivity contribution in [2.45, 2.75) is 5.41 Å². The molecule has 0 atom stereocenters. The molecule has 1 aliphatic carbocycles. The lowest BCUT2D eigenvalue weighted by atomic mass is 9.67. The molecule has 0 aliphatic heterocycles. The lowest BCUT2D eigenvalue weighted by Gasteiger charge is -2.35. The fourth-order valence-electron chi connectivity index (χ4n) is 10.4. The number of aromatic nitrogens is 1. The molecular formula is C62H40N2O2. The van der Waals surface area contributed by atoms with Gasteiger partial charge in [-0.1, -0.05) is 182 Å². The highest BCUT2D eigenvalue weighted by atomic mass is 16.3. The van der Waals surface area contributed by atoms with Crippen molar-refractivity contribution in [3.05, 3.63) is 265 Å². The lowest BCUT2D eigenvalue weighted by Crippen LogP contribution is -2.28. The third-order valence-electron chi connectivity index (χ3n) is 13.4. The highest BCUT2D eigenvalue weighted by Crippen LogP contribution is 2.57. The third-order valence-corrected chi connectivity index (χ3v) is 13.4. The summed E-state index contributed by atoms with van der Waals surface area (Å²) in [7, 11) is 0. The zero-order chi connectivity index (χ0) is 43.6. The van der Waals surface area contributed by atoms with E-state index in [4.69, 9.17) is 13.8 Å². The minimum atomic E-state index is -0.549. The summed E-state index contributed by atoms with van der Waals surface area (Å²) in [4.78, 5) is 7.45. The summed E-state index contributed by atoms with van der Waals surface area (Å²) in [6.45, 7) is 0. The fourth-order valence-corrected chi connectivity index (χ4v) is 10.4. The van der Waals surface area contributed by atoms with Crippen LogP contribution < -0.4 is 4.90 Å². The topological polar surface area (TPSA) is 42.4 Å². The number of benzene rings is 10. The molecule has 13 rings (SSSR count). The Morgan fingerprint density at radius 3 is 1.68 bits per heavy atom. The quantitative estimate of drug-likeness (QED) is 0.153. The Labute approximate surface area is 382 Å². The van der Waals surface area contributed by atoms with Crippen molar-refractivity contribution in [1.82, 2.24) is 4.98 Å². The number of furan rings is 1. The molecule has 2 aromatic heterocycles. The molecule has 10 aromatic carbocycles. The molecule has 0 unspecified atom stereocenters. The molecule has 0 saturated heterocycles. The molecule has 0 N–H and O–H groups in total. The SMILES string of the molecule is c1ccc(-c2ccc(-c3nc4cc(N(c5ccc(-c6cccc7c6oc6ccccc67)cc5)c5ccc6c(c5)C(c5ccccc5)(c5ccccc5)c5ccccc5-6)ccc4o3)cc2)cc1. The third kappa shape index (κ3) is 5.96. The number of oxazole rings is 1. The Hall–Kier alpha value is -8.73. The first-order chi connectivity index (χ1) is 32.7. The van der Waals surface area contributed by atoms with Crippen LogP contribution in [-0.2, 0) is 5.41 Å². The van der Waals surface area contributed by atoms with Crippen molar-refractivity contribution in [3.63, 3.8) is 0 Å². The molecule has 0 saturated carbocycles. The standard InChI is InChI=1S/C62H40N2O2/c1-4-15-41(16-5-1)42-27-29-44(30-28-42)61-63-57-40-49(36-38-59(57)66-61)64(47-33-31-43(32-34-47)50-23-14-24-54-53-22-11-13-26-58(53)65-60(50)54)48-35-37-52-51-21-10-12-25-55(51)62(56(52)39-48,45-17-6-2-7-18-45)46-19-8-3-9-20-46/h1-40H. The van der Waals surface area contributed by atoms with Gasteiger partial charge < -0.3 is 13.7 Å². The predicted molar refractivity (Wildman–Crippen MR) is 270 cm³/mol. The number of nitrogens with zero attached hydrogens (tertiary/aromatic N) is 2. The van der Waals surface area contributed by atoms with Crippen LogP contribution in [0.25, 0.3) is 77.9 Å². The van der Waals surface area contributed by atoms with Crippen LogP contribution in [0.1, 0.15) is 22.3 Å². The van der Waals surface area contributed by atoms with Crippen LogP contribution in [0.5, 0.6) is 0 Å². The van der Waals surface area contributed by atoms with E-state index in [1.54, 1.807) is 0 Å². The second kappa shape index (κ2) is 15.2. The molecule has 0 radical (unpaired) electrons. The largest absolute Gasteiger partial charge is 0.455 e. The summed E-state index contributed by atoms with van der Waals surface area (Å²) in [5.74, 6) is 0.586. The molecule has 0 amide bonds. The normalized spacial score (nSPS) is 12.7. The number of para-hydroxylation sites is 2. The van der Waals surface area contributed by atoms with Gasteiger partial charge in [-0.05, 0) is 111 Å². The molecular weight excluding hydrogens is 805 g/mol. The van der Waals surface area contributed by atoms with Crippen LogP contribution in [0.3, 0.4) is 0 Å². The van der Waals surface area contributed by atoms with Gasteiger partial charge >= 0.3 is 0 Å². The average molecular weight is 845 g/mol. The van der Waals surface area contributed by atoms with Crippen LogP contribution in [0.2, 0.25) is 0 Å². The van der Waals surface area contributed by atoms with E-state index in [1.807, 2.05) is 24.3 Å². The zero-order valence-corrected chi connectivity index (χ0v) is 35.8. The summed E-state index contributed by atoms with van der Waals surface area (Å²) >= 11 is 0. The van der Waals surface area contributed by atoms with Crippen LogP contribution in [0.15, 0.2) is 251 Å². The van der Waals surface area contributed by atoms with E-state index in [9.17, 15) is 0 Å². The van der Waals surface area contributed by atoms with E-state index in [0.29, 0.717) is 5.89 Å². The molecule has 12 aromatic rings. The maximum atomic E-state index is 6.49. The molecule has 2 heterocycles. The number of fused-ring (bicyclic) bond motifs is 7. The average Bonchev–Trinajstić information content (AvgIpc) is 4.08. The van der Waals surface area contributed by atoms with Crippen molar-refractivity contribution < 1.29 is 8.83 Å². The van der Waals surface area contributed by atoms with Crippen LogP contribution >= 0.6 is 0 Å².